The molecule has 0 saturated carbocycles. The smallest absolute Gasteiger partial charge is 0.260 e. The molecule has 0 aliphatic rings. The molecule has 22 heavy (non-hydrogen) atoms. The number of anilines is 1. The molecule has 0 spiro atoms. The van der Waals surface area contributed by atoms with E-state index in [1.54, 1.807) is 29.4 Å². The van der Waals surface area contributed by atoms with Gasteiger partial charge in [0.2, 0.25) is 5.13 Å². The summed E-state index contributed by atoms with van der Waals surface area (Å²) in [6, 6.07) is 13.0. The minimum atomic E-state index is -0.0722. The van der Waals surface area contributed by atoms with Gasteiger partial charge < -0.3 is 0 Å². The van der Waals surface area contributed by atoms with Crippen LogP contribution in [0.15, 0.2) is 54.9 Å². The van der Waals surface area contributed by atoms with Crippen molar-refractivity contribution < 1.29 is 4.79 Å². The van der Waals surface area contributed by atoms with Crippen LogP contribution in [0.4, 0.5) is 5.13 Å². The Kier molecular flexibility index (Phi) is 4.20. The van der Waals surface area contributed by atoms with E-state index >= 15 is 0 Å². The van der Waals surface area contributed by atoms with Crippen molar-refractivity contribution in [2.75, 3.05) is 11.4 Å². The Bertz CT molecular complexity index is 758. The Balaban J connectivity index is 1.89. The van der Waals surface area contributed by atoms with E-state index in [4.69, 9.17) is 0 Å². The van der Waals surface area contributed by atoms with Crippen LogP contribution in [0.3, 0.4) is 0 Å². The molecule has 3 rings (SSSR count). The van der Waals surface area contributed by atoms with E-state index in [0.717, 1.165) is 10.6 Å². The average Bonchev–Trinajstić information content (AvgIpc) is 3.07. The van der Waals surface area contributed by atoms with Crippen LogP contribution in [0.25, 0.3) is 10.6 Å². The molecule has 0 fully saturated rings. The van der Waals surface area contributed by atoms with E-state index in [1.165, 1.54) is 11.3 Å². The molecule has 0 radical (unpaired) electrons. The summed E-state index contributed by atoms with van der Waals surface area (Å²) in [6.07, 6.45) is 3.45. The molecule has 2 aromatic heterocycles. The maximum absolute atomic E-state index is 12.6. The van der Waals surface area contributed by atoms with Crippen molar-refractivity contribution >= 4 is 22.4 Å². The van der Waals surface area contributed by atoms with Gasteiger partial charge in [-0.05, 0) is 31.2 Å². The van der Waals surface area contributed by atoms with Crippen molar-refractivity contribution in [1.29, 1.82) is 0 Å². The molecule has 6 heteroatoms. The normalized spacial score (nSPS) is 10.4. The van der Waals surface area contributed by atoms with Crippen molar-refractivity contribution in [3.05, 3.63) is 60.4 Å². The first-order valence-electron chi connectivity index (χ1n) is 6.90. The topological polar surface area (TPSA) is 59.0 Å². The highest BCUT2D eigenvalue weighted by molar-refractivity contribution is 7.18. The Morgan fingerprint density at radius 1 is 1.14 bits per heavy atom. The van der Waals surface area contributed by atoms with Gasteiger partial charge in [0.15, 0.2) is 5.01 Å². The van der Waals surface area contributed by atoms with E-state index in [-0.39, 0.29) is 5.91 Å². The number of aromatic nitrogens is 3. The summed E-state index contributed by atoms with van der Waals surface area (Å²) in [5.74, 6) is -0.0722. The second-order valence-corrected chi connectivity index (χ2v) is 5.50. The van der Waals surface area contributed by atoms with Crippen LogP contribution in [-0.2, 0) is 0 Å². The lowest BCUT2D eigenvalue weighted by Crippen LogP contribution is -2.30. The van der Waals surface area contributed by atoms with Crippen molar-refractivity contribution in [3.8, 4) is 10.6 Å². The number of nitrogens with zero attached hydrogens (tertiary/aromatic N) is 4. The summed E-state index contributed by atoms with van der Waals surface area (Å²) in [5, 5.41) is 9.67. The number of hydrogen-bond acceptors (Lipinski definition) is 5. The first-order valence-corrected chi connectivity index (χ1v) is 7.72. The van der Waals surface area contributed by atoms with E-state index in [0.29, 0.717) is 17.2 Å². The van der Waals surface area contributed by atoms with Gasteiger partial charge in [-0.1, -0.05) is 29.5 Å². The molecule has 110 valence electrons. The molecule has 2 heterocycles. The molecular formula is C16H14N4OS. The SMILES string of the molecule is CCN(C(=O)c1ccccc1)c1nnc(-c2cccnc2)s1. The Morgan fingerprint density at radius 3 is 2.64 bits per heavy atom. The van der Waals surface area contributed by atoms with Gasteiger partial charge in [-0.25, -0.2) is 0 Å². The third-order valence-corrected chi connectivity index (χ3v) is 4.13. The number of carbonyl (C=O) groups excluding carboxylic acids is 1. The van der Waals surface area contributed by atoms with Crippen LogP contribution >= 0.6 is 11.3 Å². The van der Waals surface area contributed by atoms with Crippen molar-refractivity contribution in [1.82, 2.24) is 15.2 Å². The highest BCUT2D eigenvalue weighted by Gasteiger charge is 2.20. The van der Waals surface area contributed by atoms with Gasteiger partial charge in [0.05, 0.1) is 0 Å². The van der Waals surface area contributed by atoms with Crippen LogP contribution in [-0.4, -0.2) is 27.6 Å². The lowest BCUT2D eigenvalue weighted by Gasteiger charge is -2.16. The molecule has 0 atom stereocenters. The molecule has 1 aromatic carbocycles. The molecule has 0 bridgehead atoms. The maximum Gasteiger partial charge on any atom is 0.260 e. The summed E-state index contributed by atoms with van der Waals surface area (Å²) in [6.45, 7) is 2.46. The number of amides is 1. The number of benzene rings is 1. The lowest BCUT2D eigenvalue weighted by atomic mass is 10.2. The molecule has 0 N–H and O–H groups in total. The fraction of sp³-hybridized carbons (Fsp3) is 0.125. The summed E-state index contributed by atoms with van der Waals surface area (Å²) < 4.78 is 0. The third-order valence-electron chi connectivity index (χ3n) is 3.14. The summed E-state index contributed by atoms with van der Waals surface area (Å²) in [4.78, 5) is 18.3. The van der Waals surface area contributed by atoms with Gasteiger partial charge in [0, 0.05) is 30.1 Å². The van der Waals surface area contributed by atoms with Crippen LogP contribution in [0.2, 0.25) is 0 Å². The second kappa shape index (κ2) is 6.44. The minimum absolute atomic E-state index is 0.0722. The Labute approximate surface area is 132 Å². The van der Waals surface area contributed by atoms with Crippen LogP contribution in [0, 0.1) is 0 Å². The minimum Gasteiger partial charge on any atom is -0.283 e. The number of pyridine rings is 1. The molecule has 0 saturated heterocycles. The predicted octanol–water partition coefficient (Wildman–Crippen LogP) is 3.27. The monoisotopic (exact) mass is 310 g/mol. The fourth-order valence-electron chi connectivity index (χ4n) is 2.03. The first kappa shape index (κ1) is 14.3. The zero-order valence-corrected chi connectivity index (χ0v) is 12.8. The average molecular weight is 310 g/mol. The Morgan fingerprint density at radius 2 is 1.95 bits per heavy atom. The van der Waals surface area contributed by atoms with Gasteiger partial charge in [0.1, 0.15) is 0 Å². The number of carbonyl (C=O) groups is 1. The number of hydrogen-bond donors (Lipinski definition) is 0. The quantitative estimate of drug-likeness (QED) is 0.742. The van der Waals surface area contributed by atoms with E-state index in [2.05, 4.69) is 15.2 Å². The zero-order chi connectivity index (χ0) is 15.4. The van der Waals surface area contributed by atoms with Gasteiger partial charge in [-0.3, -0.25) is 14.7 Å². The predicted molar refractivity (Wildman–Crippen MR) is 86.9 cm³/mol. The summed E-state index contributed by atoms with van der Waals surface area (Å²) in [7, 11) is 0. The molecular weight excluding hydrogens is 296 g/mol. The molecule has 3 aromatic rings. The van der Waals surface area contributed by atoms with Gasteiger partial charge in [-0.15, -0.1) is 10.2 Å². The van der Waals surface area contributed by atoms with Crippen LogP contribution in [0.5, 0.6) is 0 Å². The van der Waals surface area contributed by atoms with E-state index in [9.17, 15) is 4.79 Å². The molecule has 5 nitrogen and oxygen atoms in total. The van der Waals surface area contributed by atoms with Gasteiger partial charge in [-0.2, -0.15) is 0 Å². The van der Waals surface area contributed by atoms with Crippen molar-refractivity contribution in [3.63, 3.8) is 0 Å². The second-order valence-electron chi connectivity index (χ2n) is 4.55. The zero-order valence-electron chi connectivity index (χ0n) is 12.0. The maximum atomic E-state index is 12.6. The first-order chi connectivity index (χ1) is 10.8. The van der Waals surface area contributed by atoms with Gasteiger partial charge in [0.25, 0.3) is 5.91 Å². The largest absolute Gasteiger partial charge is 0.283 e. The Hall–Kier alpha value is -2.60. The lowest BCUT2D eigenvalue weighted by molar-refractivity contribution is 0.0988. The molecule has 1 amide bonds. The van der Waals surface area contributed by atoms with E-state index in [1.807, 2.05) is 37.3 Å². The molecule has 0 aliphatic carbocycles. The van der Waals surface area contributed by atoms with Crippen molar-refractivity contribution in [2.45, 2.75) is 6.92 Å². The summed E-state index contributed by atoms with van der Waals surface area (Å²) >= 11 is 1.38. The molecule has 0 unspecified atom stereocenters. The van der Waals surface area contributed by atoms with Crippen molar-refractivity contribution in [2.24, 2.45) is 0 Å². The standard InChI is InChI=1S/C16H14N4OS/c1-2-20(15(21)12-7-4-3-5-8-12)16-19-18-14(22-16)13-9-6-10-17-11-13/h3-11H,2H2,1H3. The number of rotatable bonds is 4. The fourth-order valence-corrected chi connectivity index (χ4v) is 2.93. The highest BCUT2D eigenvalue weighted by atomic mass is 32.1. The van der Waals surface area contributed by atoms with Crippen LogP contribution < -0.4 is 4.90 Å². The van der Waals surface area contributed by atoms with Crippen LogP contribution in [0.1, 0.15) is 17.3 Å². The van der Waals surface area contributed by atoms with E-state index < -0.39 is 0 Å². The summed E-state index contributed by atoms with van der Waals surface area (Å²) in [5.41, 5.74) is 1.54. The highest BCUT2D eigenvalue weighted by Crippen LogP contribution is 2.28. The van der Waals surface area contributed by atoms with Gasteiger partial charge >= 0.3 is 0 Å². The third kappa shape index (κ3) is 2.87. The molecule has 0 aliphatic heterocycles.